The molecule has 6 heteroatoms. The van der Waals surface area contributed by atoms with E-state index in [-0.39, 0.29) is 35.9 Å². The van der Waals surface area contributed by atoms with Gasteiger partial charge in [-0.1, -0.05) is 44.4 Å². The van der Waals surface area contributed by atoms with E-state index in [1.807, 2.05) is 6.07 Å². The number of methoxy groups -OCH3 is 1. The molecule has 0 amide bonds. The predicted molar refractivity (Wildman–Crippen MR) is 88.4 cm³/mol. The van der Waals surface area contributed by atoms with E-state index in [9.17, 15) is 13.0 Å². The van der Waals surface area contributed by atoms with Gasteiger partial charge in [0.25, 0.3) is 10.1 Å². The van der Waals surface area contributed by atoms with Gasteiger partial charge in [-0.05, 0) is 30.5 Å². The molecule has 122 valence electrons. The van der Waals surface area contributed by atoms with Crippen molar-refractivity contribution in [2.75, 3.05) is 7.11 Å². The number of ether oxygens (including phenoxy) is 1. The second-order valence-electron chi connectivity index (χ2n) is 5.39. The van der Waals surface area contributed by atoms with Gasteiger partial charge in [0, 0.05) is 11.1 Å². The van der Waals surface area contributed by atoms with E-state index in [0.29, 0.717) is 11.3 Å². The third-order valence-corrected chi connectivity index (χ3v) is 4.72. The van der Waals surface area contributed by atoms with Crippen molar-refractivity contribution in [1.29, 1.82) is 0 Å². The van der Waals surface area contributed by atoms with E-state index >= 15 is 0 Å². The summed E-state index contributed by atoms with van der Waals surface area (Å²) in [7, 11) is -2.69. The number of rotatable bonds is 7. The smallest absolute Gasteiger partial charge is 1.00 e. The van der Waals surface area contributed by atoms with Crippen molar-refractivity contribution in [3.05, 3.63) is 35.9 Å². The van der Waals surface area contributed by atoms with E-state index in [1.165, 1.54) is 0 Å². The summed E-state index contributed by atoms with van der Waals surface area (Å²) in [5, 5.41) is 0. The number of aryl methyl sites for hydroxylation is 1. The Kier molecular flexibility index (Phi) is 8.04. The maximum Gasteiger partial charge on any atom is 1.00 e. The SMILES string of the molecule is CCCCCCc1cc(S(=O)(=O)O)c2ccccc(OC)c1-2.[H-].[Na+]. The van der Waals surface area contributed by atoms with Crippen LogP contribution in [0, 0.1) is 0 Å². The first-order valence-corrected chi connectivity index (χ1v) is 8.99. The van der Waals surface area contributed by atoms with Crippen LogP contribution in [0.15, 0.2) is 35.2 Å². The van der Waals surface area contributed by atoms with Gasteiger partial charge in [0.15, 0.2) is 0 Å². The van der Waals surface area contributed by atoms with E-state index in [1.54, 1.807) is 31.4 Å². The van der Waals surface area contributed by atoms with E-state index in [4.69, 9.17) is 4.74 Å². The van der Waals surface area contributed by atoms with Crippen molar-refractivity contribution in [3.63, 3.8) is 0 Å². The molecule has 0 radical (unpaired) electrons. The Hall–Kier alpha value is -0.590. The maximum absolute atomic E-state index is 11.7. The average Bonchev–Trinajstić information content (AvgIpc) is 2.70. The summed E-state index contributed by atoms with van der Waals surface area (Å²) in [6.45, 7) is 2.15. The fraction of sp³-hybridized carbons (Fsp3) is 0.412. The largest absolute Gasteiger partial charge is 1.00 e. The minimum Gasteiger partial charge on any atom is -1.00 e. The second-order valence-corrected chi connectivity index (χ2v) is 6.78. The minimum absolute atomic E-state index is 0. The van der Waals surface area contributed by atoms with Gasteiger partial charge < -0.3 is 6.16 Å². The molecule has 0 aliphatic heterocycles. The molecule has 0 aromatic rings. The summed E-state index contributed by atoms with van der Waals surface area (Å²) in [5.41, 5.74) is 2.19. The fourth-order valence-corrected chi connectivity index (χ4v) is 3.50. The zero-order valence-corrected chi connectivity index (χ0v) is 16.8. The Bertz CT molecular complexity index is 719. The van der Waals surface area contributed by atoms with Crippen LogP contribution in [0.1, 0.15) is 39.6 Å². The zero-order chi connectivity index (χ0) is 16.2. The predicted octanol–water partition coefficient (Wildman–Crippen LogP) is 1.29. The standard InChI is InChI=1S/C17H22O4S.Na.H/c1-3-4-5-6-9-13-12-16(22(18,19)20)14-10-7-8-11-15(21-2)17(13)14;;/h7-8,10-12H,3-6,9H2,1-2H3,(H,18,19,20);;/q;+1;-1. The van der Waals surface area contributed by atoms with Gasteiger partial charge >= 0.3 is 29.6 Å². The summed E-state index contributed by atoms with van der Waals surface area (Å²) >= 11 is 0. The fourth-order valence-electron chi connectivity index (χ4n) is 2.76. The third kappa shape index (κ3) is 4.94. The maximum atomic E-state index is 11.7. The summed E-state index contributed by atoms with van der Waals surface area (Å²) in [4.78, 5) is -0.0394. The van der Waals surface area contributed by atoms with Gasteiger partial charge in [0.2, 0.25) is 0 Å². The molecule has 0 unspecified atom stereocenters. The monoisotopic (exact) mass is 346 g/mol. The van der Waals surface area contributed by atoms with Crippen molar-refractivity contribution in [2.24, 2.45) is 0 Å². The van der Waals surface area contributed by atoms with E-state index in [0.717, 1.165) is 43.2 Å². The average molecular weight is 346 g/mol. The van der Waals surface area contributed by atoms with E-state index in [2.05, 4.69) is 6.92 Å². The molecule has 0 aromatic carbocycles. The van der Waals surface area contributed by atoms with Crippen LogP contribution in [0.4, 0.5) is 0 Å². The van der Waals surface area contributed by atoms with Gasteiger partial charge in [-0.2, -0.15) is 8.42 Å². The van der Waals surface area contributed by atoms with Crippen molar-refractivity contribution in [1.82, 2.24) is 0 Å². The Morgan fingerprint density at radius 1 is 1.17 bits per heavy atom. The summed E-state index contributed by atoms with van der Waals surface area (Å²) in [6, 6.07) is 8.64. The van der Waals surface area contributed by atoms with Crippen LogP contribution < -0.4 is 34.3 Å². The van der Waals surface area contributed by atoms with Crippen LogP contribution in [-0.2, 0) is 16.5 Å². The molecule has 4 nitrogen and oxygen atoms in total. The first kappa shape index (κ1) is 20.5. The molecule has 1 N–H and O–H groups in total. The van der Waals surface area contributed by atoms with Crippen molar-refractivity contribution < 1.29 is 48.7 Å². The molecule has 0 spiro atoms. The molecule has 0 bridgehead atoms. The van der Waals surface area contributed by atoms with Crippen molar-refractivity contribution >= 4 is 10.1 Å². The number of unbranched alkanes of at least 4 members (excludes halogenated alkanes) is 3. The molecule has 0 saturated heterocycles. The third-order valence-electron chi connectivity index (χ3n) is 3.83. The van der Waals surface area contributed by atoms with Crippen LogP contribution in [0.25, 0.3) is 11.1 Å². The van der Waals surface area contributed by atoms with Gasteiger partial charge in [-0.25, -0.2) is 0 Å². The van der Waals surface area contributed by atoms with Crippen molar-refractivity contribution in [3.8, 4) is 16.9 Å². The molecule has 23 heavy (non-hydrogen) atoms. The Labute approximate surface area is 162 Å². The number of fused-ring (bicyclic) bond motifs is 1. The molecule has 2 rings (SSSR count). The van der Waals surface area contributed by atoms with Crippen LogP contribution >= 0.6 is 0 Å². The molecular formula is C17H23NaO4S. The Morgan fingerprint density at radius 2 is 1.87 bits per heavy atom. The first-order chi connectivity index (χ1) is 10.5. The molecule has 0 aromatic heterocycles. The van der Waals surface area contributed by atoms with Crippen LogP contribution in [0.2, 0.25) is 0 Å². The number of hydrogen-bond donors (Lipinski definition) is 1. The van der Waals surface area contributed by atoms with E-state index < -0.39 is 10.1 Å². The minimum atomic E-state index is -4.25. The molecule has 0 heterocycles. The second kappa shape index (κ2) is 9.04. The Morgan fingerprint density at radius 3 is 2.48 bits per heavy atom. The van der Waals surface area contributed by atoms with Gasteiger partial charge in [0.1, 0.15) is 10.6 Å². The zero-order valence-electron chi connectivity index (χ0n) is 15.0. The molecular weight excluding hydrogens is 323 g/mol. The van der Waals surface area contributed by atoms with Crippen LogP contribution in [0.5, 0.6) is 5.75 Å². The number of hydrogen-bond acceptors (Lipinski definition) is 3. The Balaban J connectivity index is 0.00000264. The quantitative estimate of drug-likeness (QED) is 0.466. The molecule has 0 saturated carbocycles. The van der Waals surface area contributed by atoms with Crippen LogP contribution in [0.3, 0.4) is 0 Å². The van der Waals surface area contributed by atoms with Gasteiger partial charge in [0.05, 0.1) is 7.11 Å². The molecule has 2 aliphatic carbocycles. The van der Waals surface area contributed by atoms with Gasteiger partial charge in [-0.3, -0.25) is 4.55 Å². The first-order valence-electron chi connectivity index (χ1n) is 7.55. The molecule has 2 aliphatic rings. The summed E-state index contributed by atoms with van der Waals surface area (Å²) < 4.78 is 38.2. The normalized spacial score (nSPS) is 11.3. The van der Waals surface area contributed by atoms with Crippen molar-refractivity contribution in [2.45, 2.75) is 43.9 Å². The van der Waals surface area contributed by atoms with Crippen LogP contribution in [-0.4, -0.2) is 20.1 Å². The topological polar surface area (TPSA) is 63.6 Å². The molecule has 0 atom stereocenters. The summed E-state index contributed by atoms with van der Waals surface area (Å²) in [6.07, 6.45) is 5.17. The van der Waals surface area contributed by atoms with Gasteiger partial charge in [-0.15, -0.1) is 0 Å². The molecule has 0 fully saturated rings. The summed E-state index contributed by atoms with van der Waals surface area (Å²) in [5.74, 6) is 0.625.